The number of pyridine rings is 2. The molecule has 0 bridgehead atoms. The number of halogens is 8. The lowest BCUT2D eigenvalue weighted by Gasteiger charge is -2.35. The molecule has 0 saturated carbocycles. The summed E-state index contributed by atoms with van der Waals surface area (Å²) in [6, 6.07) is 11.3. The second-order valence-electron chi connectivity index (χ2n) is 25.6. The Morgan fingerprint density at radius 1 is 0.742 bits per heavy atom. The first-order chi connectivity index (χ1) is 44.6. The highest BCUT2D eigenvalue weighted by molar-refractivity contribution is 6.36. The first-order valence-corrected chi connectivity index (χ1v) is 31.6. The van der Waals surface area contributed by atoms with Crippen LogP contribution >= 0.6 is 11.6 Å². The van der Waals surface area contributed by atoms with Crippen LogP contribution in [-0.4, -0.2) is 181 Å². The third kappa shape index (κ3) is 10.4. The lowest BCUT2D eigenvalue weighted by atomic mass is 9.88. The normalized spacial score (nSPS) is 24.4. The summed E-state index contributed by atoms with van der Waals surface area (Å²) in [6.45, 7) is 8.84. The van der Waals surface area contributed by atoms with Crippen LogP contribution in [0.4, 0.5) is 42.4 Å². The minimum absolute atomic E-state index is 0.0451. The topological polar surface area (TPSA) is 170 Å². The Balaban J connectivity index is 0.834. The summed E-state index contributed by atoms with van der Waals surface area (Å²) < 4.78 is 129. The average Bonchev–Trinajstić information content (AvgIpc) is 1.72. The second kappa shape index (κ2) is 23.5. The Labute approximate surface area is 535 Å². The van der Waals surface area contributed by atoms with E-state index in [4.69, 9.17) is 31.0 Å². The van der Waals surface area contributed by atoms with Crippen molar-refractivity contribution in [2.24, 2.45) is 0 Å². The maximum atomic E-state index is 18.1. The van der Waals surface area contributed by atoms with Gasteiger partial charge in [-0.15, -0.1) is 0 Å². The maximum absolute atomic E-state index is 18.1. The molecule has 0 aliphatic carbocycles. The summed E-state index contributed by atoms with van der Waals surface area (Å²) >= 11 is 6.71. The Morgan fingerprint density at radius 2 is 1.38 bits per heavy atom. The van der Waals surface area contributed by atoms with Crippen LogP contribution in [0.25, 0.3) is 65.9 Å². The number of anilines is 2. The first kappa shape index (κ1) is 62.0. The number of carbonyl (C=O) groups excluding carboxylic acids is 2. The number of nitrogens with zero attached hydrogens (tertiary/aromatic N) is 12. The summed E-state index contributed by atoms with van der Waals surface area (Å²) in [5.74, 6) is -7.16. The quantitative estimate of drug-likeness (QED) is 0.0715. The zero-order chi connectivity index (χ0) is 65.2. The van der Waals surface area contributed by atoms with Gasteiger partial charge in [-0.3, -0.25) is 29.4 Å². The van der Waals surface area contributed by atoms with Crippen molar-refractivity contribution in [2.75, 3.05) is 82.9 Å². The molecule has 6 fully saturated rings. The predicted octanol–water partition coefficient (Wildman–Crippen LogP) is 11.7. The average molecular weight is 1300 g/mol. The van der Waals surface area contributed by atoms with Gasteiger partial charge < -0.3 is 34.2 Å². The van der Waals surface area contributed by atoms with E-state index in [0.29, 0.717) is 71.2 Å². The van der Waals surface area contributed by atoms with Gasteiger partial charge in [-0.1, -0.05) is 62.0 Å². The molecule has 7 atom stereocenters. The number of alkyl halides is 4. The molecular formula is C68H66ClF7N12O5. The smallest absolute Gasteiger partial charge is 0.319 e. The fourth-order valence-corrected chi connectivity index (χ4v) is 16.1. The fourth-order valence-electron chi connectivity index (χ4n) is 15.8. The summed E-state index contributed by atoms with van der Waals surface area (Å²) in [6.07, 6.45) is 5.42. The van der Waals surface area contributed by atoms with Gasteiger partial charge in [-0.25, -0.2) is 30.7 Å². The molecule has 93 heavy (non-hydrogen) atoms. The SMILES string of the molecule is C=CC(=O)N1CC[C@@H](N(C)c2nc(OC[C@@]34CCCN3C[C@H](F)C4)nc3c(F)c(-c4cc(O)cc5c(C6CC[C@@]7(COc8nc(N(C)[C@H]9CN(C(=O)C=C)CC9(F)F)c9cnc(-c%10cccc%11cccc(Cl)c%10%11)c(F)c9n8)C[C@@H](F)CN67)cc(F)c(CC)c45)ncc23)C1. The summed E-state index contributed by atoms with van der Waals surface area (Å²) in [5, 5.41) is 14.0. The van der Waals surface area contributed by atoms with Crippen molar-refractivity contribution in [1.82, 2.24) is 49.5 Å². The van der Waals surface area contributed by atoms with Crippen LogP contribution in [0.2, 0.25) is 5.02 Å². The van der Waals surface area contributed by atoms with Gasteiger partial charge in [0.1, 0.15) is 77.2 Å². The van der Waals surface area contributed by atoms with Gasteiger partial charge in [-0.2, -0.15) is 19.9 Å². The van der Waals surface area contributed by atoms with Gasteiger partial charge in [0.15, 0.2) is 11.6 Å². The summed E-state index contributed by atoms with van der Waals surface area (Å²) in [5.41, 5.74) is -1.75. The number of aryl methyl sites for hydroxylation is 1. The molecule has 6 saturated heterocycles. The largest absolute Gasteiger partial charge is 0.508 e. The number of rotatable bonds is 16. The number of carbonyl (C=O) groups is 2. The van der Waals surface area contributed by atoms with Gasteiger partial charge in [0.05, 0.1) is 28.4 Å². The molecular weight excluding hydrogens is 1230 g/mol. The van der Waals surface area contributed by atoms with E-state index in [1.165, 1.54) is 43.7 Å². The molecule has 25 heteroatoms. The lowest BCUT2D eigenvalue weighted by Crippen LogP contribution is -2.46. The van der Waals surface area contributed by atoms with Crippen molar-refractivity contribution in [2.45, 2.75) is 106 Å². The molecule has 1 N–H and O–H groups in total. The minimum Gasteiger partial charge on any atom is -0.508 e. The van der Waals surface area contributed by atoms with Crippen LogP contribution < -0.4 is 19.3 Å². The number of hydrogen-bond acceptors (Lipinski definition) is 15. The van der Waals surface area contributed by atoms with Crippen LogP contribution in [-0.2, 0) is 16.0 Å². The van der Waals surface area contributed by atoms with E-state index in [1.807, 2.05) is 21.9 Å². The van der Waals surface area contributed by atoms with Crippen molar-refractivity contribution in [3.63, 3.8) is 0 Å². The van der Waals surface area contributed by atoms with Gasteiger partial charge in [0.25, 0.3) is 5.92 Å². The maximum Gasteiger partial charge on any atom is 0.319 e. The van der Waals surface area contributed by atoms with E-state index in [-0.39, 0.29) is 137 Å². The number of phenols is 1. The van der Waals surface area contributed by atoms with Crippen LogP contribution in [0.15, 0.2) is 92.3 Å². The molecule has 17 nitrogen and oxygen atoms in total. The highest BCUT2D eigenvalue weighted by Crippen LogP contribution is 2.53. The van der Waals surface area contributed by atoms with Crippen LogP contribution in [0, 0.1) is 17.5 Å². The third-order valence-electron chi connectivity index (χ3n) is 20.3. The first-order valence-electron chi connectivity index (χ1n) is 31.2. The Bertz CT molecular complexity index is 4410. The third-order valence-corrected chi connectivity index (χ3v) is 20.7. The monoisotopic (exact) mass is 1300 g/mol. The highest BCUT2D eigenvalue weighted by Gasteiger charge is 2.56. The van der Waals surface area contributed by atoms with Gasteiger partial charge >= 0.3 is 12.0 Å². The molecule has 8 aromatic rings. The van der Waals surface area contributed by atoms with Crippen molar-refractivity contribution in [3.05, 3.63) is 126 Å². The van der Waals surface area contributed by atoms with E-state index in [1.54, 1.807) is 43.1 Å². The molecule has 6 aliphatic heterocycles. The minimum atomic E-state index is -3.48. The number of amides is 2. The Morgan fingerprint density at radius 3 is 2.06 bits per heavy atom. The molecule has 4 aromatic carbocycles. The van der Waals surface area contributed by atoms with E-state index in [0.717, 1.165) is 22.3 Å². The highest BCUT2D eigenvalue weighted by atomic mass is 35.5. The van der Waals surface area contributed by atoms with Crippen molar-refractivity contribution in [3.8, 4) is 40.3 Å². The molecule has 484 valence electrons. The number of ether oxygens (including phenoxy) is 2. The Hall–Kier alpha value is -8.48. The zero-order valence-corrected chi connectivity index (χ0v) is 52.1. The van der Waals surface area contributed by atoms with Crippen LogP contribution in [0.1, 0.15) is 69.0 Å². The van der Waals surface area contributed by atoms with Gasteiger partial charge in [-0.05, 0) is 109 Å². The number of aromatic hydroxyl groups is 1. The molecule has 0 spiro atoms. The molecule has 1 unspecified atom stereocenters. The zero-order valence-electron chi connectivity index (χ0n) is 51.3. The number of hydrogen-bond donors (Lipinski definition) is 1. The van der Waals surface area contributed by atoms with Crippen molar-refractivity contribution < 1.29 is 54.9 Å². The molecule has 0 radical (unpaired) electrons. The number of likely N-dealkylation sites (tertiary alicyclic amines) is 2. The van der Waals surface area contributed by atoms with E-state index in [2.05, 4.69) is 38.0 Å². The van der Waals surface area contributed by atoms with E-state index >= 15 is 26.3 Å². The Kier molecular flexibility index (Phi) is 15.7. The number of phenolic OH excluding ortho intramolecular Hbond substituents is 1. The molecule has 6 aliphatic rings. The molecule has 14 rings (SSSR count). The van der Waals surface area contributed by atoms with Gasteiger partial charge in [0, 0.05) is 106 Å². The number of likely N-dealkylation sites (N-methyl/N-ethyl adjacent to an activating group) is 2. The van der Waals surface area contributed by atoms with Crippen molar-refractivity contribution in [1.29, 1.82) is 0 Å². The van der Waals surface area contributed by atoms with Crippen LogP contribution in [0.5, 0.6) is 17.8 Å². The van der Waals surface area contributed by atoms with Crippen molar-refractivity contribution >= 4 is 78.4 Å². The van der Waals surface area contributed by atoms with E-state index < -0.39 is 83.9 Å². The standard InChI is InChI=1S/C68H66ClF7N12O5/c1-6-41-49(72)24-43(44-22-40(89)23-45(55(41)44)59-57(74)60-46(27-78-59)62(83(4)39-17-21-85(31-39)52(90)7-2)81-64(79-60)92-34-66-18-11-20-87(66)29-37(70)25-66)50-16-19-67(26-38(71)30-88(50)67)35-93-65-80-61-47(63(82-65)84(5)51-32-86(53(91)8-3)33-68(51,75)76)28-77-58(56(61)73)42-14-9-12-36-13-10-15-48(69)54(36)42/h7-10,12-15,22-24,27-28,37-39,50-51,89H,2-3,6,11,16-21,25-26,29-35H2,1,4-5H3/t37-,38-,39-,50?,51+,66+,67+/m1/s1. The molecule has 4 aromatic heterocycles. The fraction of sp³-hybridized carbons (Fsp3) is 0.412. The molecule has 2 amide bonds. The number of fused-ring (bicyclic) bond motifs is 6. The number of aromatic nitrogens is 6. The second-order valence-corrected chi connectivity index (χ2v) is 26.0. The van der Waals surface area contributed by atoms with Crippen LogP contribution in [0.3, 0.4) is 0 Å². The summed E-state index contributed by atoms with van der Waals surface area (Å²) in [7, 11) is 3.12. The van der Waals surface area contributed by atoms with Gasteiger partial charge in [0.2, 0.25) is 11.8 Å². The number of benzene rings is 4. The predicted molar refractivity (Wildman–Crippen MR) is 339 cm³/mol. The molecule has 10 heterocycles. The van der Waals surface area contributed by atoms with E-state index in [9.17, 15) is 19.1 Å². The lowest BCUT2D eigenvalue weighted by molar-refractivity contribution is -0.126. The summed E-state index contributed by atoms with van der Waals surface area (Å²) in [4.78, 5) is 62.9.